The average molecular weight is 282 g/mol. The molecule has 1 aliphatic rings. The Morgan fingerprint density at radius 2 is 2.00 bits per heavy atom. The molecule has 1 aliphatic heterocycles. The molecule has 2 rings (SSSR count). The summed E-state index contributed by atoms with van der Waals surface area (Å²) in [4.78, 5) is 8.29. The average Bonchev–Trinajstić information content (AvgIpc) is 3.00. The molecule has 1 aromatic heterocycles. The number of aliphatic hydroxyl groups excluding tert-OH is 1. The molecule has 3 nitrogen and oxygen atoms in total. The van der Waals surface area contributed by atoms with Crippen molar-refractivity contribution in [2.24, 2.45) is 0 Å². The summed E-state index contributed by atoms with van der Waals surface area (Å²) in [5.74, 6) is 0. The number of rotatable bonds is 5. The van der Waals surface area contributed by atoms with Gasteiger partial charge in [0.25, 0.3) is 0 Å². The second-order valence-electron chi connectivity index (χ2n) is 5.87. The van der Waals surface area contributed by atoms with Gasteiger partial charge in [0.15, 0.2) is 0 Å². The molecule has 0 aliphatic carbocycles. The Labute approximate surface area is 120 Å². The summed E-state index contributed by atoms with van der Waals surface area (Å²) in [6.45, 7) is 10.8. The molecule has 4 heteroatoms. The first-order chi connectivity index (χ1) is 8.97. The van der Waals surface area contributed by atoms with Crippen molar-refractivity contribution in [3.8, 4) is 0 Å². The fourth-order valence-electron chi connectivity index (χ4n) is 2.91. The molecule has 1 saturated heterocycles. The van der Waals surface area contributed by atoms with E-state index in [1.807, 2.05) is 6.92 Å². The maximum Gasteiger partial charge on any atom is 0.0957 e. The number of aryl methyl sites for hydroxylation is 2. The van der Waals surface area contributed by atoms with E-state index in [4.69, 9.17) is 0 Å². The summed E-state index contributed by atoms with van der Waals surface area (Å²) < 4.78 is 0. The molecule has 0 bridgehead atoms. The van der Waals surface area contributed by atoms with Gasteiger partial charge in [-0.25, -0.2) is 4.98 Å². The number of aromatic nitrogens is 1. The Kier molecular flexibility index (Phi) is 4.64. The van der Waals surface area contributed by atoms with Gasteiger partial charge >= 0.3 is 0 Å². The van der Waals surface area contributed by atoms with Crippen LogP contribution in [0.15, 0.2) is 0 Å². The molecular formula is C15H26N2OS. The minimum atomic E-state index is -0.333. The zero-order valence-electron chi connectivity index (χ0n) is 12.6. The minimum Gasteiger partial charge on any atom is -0.391 e. The first kappa shape index (κ1) is 14.9. The van der Waals surface area contributed by atoms with Crippen LogP contribution in [0.3, 0.4) is 0 Å². The fraction of sp³-hybridized carbons (Fsp3) is 0.800. The van der Waals surface area contributed by atoms with Crippen LogP contribution in [-0.2, 0) is 6.42 Å². The summed E-state index contributed by atoms with van der Waals surface area (Å²) in [6, 6.07) is 0. The van der Waals surface area contributed by atoms with Gasteiger partial charge in [-0.3, -0.25) is 4.90 Å². The van der Waals surface area contributed by atoms with Gasteiger partial charge in [0.05, 0.1) is 16.8 Å². The third-order valence-electron chi connectivity index (χ3n) is 4.70. The molecule has 108 valence electrons. The van der Waals surface area contributed by atoms with Gasteiger partial charge in [-0.2, -0.15) is 0 Å². The van der Waals surface area contributed by atoms with Crippen LogP contribution in [0.1, 0.15) is 48.7 Å². The van der Waals surface area contributed by atoms with Crippen LogP contribution in [0.4, 0.5) is 0 Å². The van der Waals surface area contributed by atoms with Crippen molar-refractivity contribution < 1.29 is 5.11 Å². The molecule has 1 N–H and O–H groups in total. The lowest BCUT2D eigenvalue weighted by atomic mass is 9.88. The van der Waals surface area contributed by atoms with Crippen LogP contribution >= 0.6 is 11.3 Å². The highest BCUT2D eigenvalue weighted by molar-refractivity contribution is 7.11. The van der Waals surface area contributed by atoms with Gasteiger partial charge in [-0.1, -0.05) is 6.92 Å². The number of aliphatic hydroxyl groups is 1. The monoisotopic (exact) mass is 282 g/mol. The van der Waals surface area contributed by atoms with Gasteiger partial charge in [0.2, 0.25) is 0 Å². The highest BCUT2D eigenvalue weighted by Crippen LogP contribution is 2.30. The lowest BCUT2D eigenvalue weighted by molar-refractivity contribution is -0.0117. The van der Waals surface area contributed by atoms with Crippen molar-refractivity contribution in [2.75, 3.05) is 13.1 Å². The Balaban J connectivity index is 2.09. The van der Waals surface area contributed by atoms with Crippen molar-refractivity contribution in [1.82, 2.24) is 9.88 Å². The zero-order chi connectivity index (χ0) is 14.0. The molecule has 0 amide bonds. The number of thiazole rings is 1. The zero-order valence-corrected chi connectivity index (χ0v) is 13.4. The van der Waals surface area contributed by atoms with Gasteiger partial charge in [0, 0.05) is 16.8 Å². The summed E-state index contributed by atoms with van der Waals surface area (Å²) in [5.41, 5.74) is 0.996. The number of hydrogen-bond donors (Lipinski definition) is 1. The van der Waals surface area contributed by atoms with Crippen molar-refractivity contribution in [3.05, 3.63) is 15.6 Å². The Hall–Kier alpha value is -0.450. The lowest BCUT2D eigenvalue weighted by Crippen LogP contribution is -2.53. The van der Waals surface area contributed by atoms with Gasteiger partial charge in [-0.05, 0) is 53.1 Å². The lowest BCUT2D eigenvalue weighted by Gasteiger charge is -2.41. The minimum absolute atomic E-state index is 0.107. The number of likely N-dealkylation sites (tertiary alicyclic amines) is 1. The van der Waals surface area contributed by atoms with Crippen LogP contribution in [0.25, 0.3) is 0 Å². The van der Waals surface area contributed by atoms with E-state index in [0.717, 1.165) is 30.2 Å². The van der Waals surface area contributed by atoms with E-state index in [-0.39, 0.29) is 11.6 Å². The normalized spacial score (nSPS) is 21.5. The van der Waals surface area contributed by atoms with E-state index >= 15 is 0 Å². The van der Waals surface area contributed by atoms with Gasteiger partial charge in [0.1, 0.15) is 0 Å². The molecule has 1 aromatic rings. The SMILES string of the molecule is CCC(C)(C(O)Cc1nc(C)c(C)s1)N1CCCC1. The highest BCUT2D eigenvalue weighted by atomic mass is 32.1. The van der Waals surface area contributed by atoms with Crippen LogP contribution in [-0.4, -0.2) is 39.7 Å². The molecule has 2 atom stereocenters. The Bertz CT molecular complexity index is 406. The predicted octanol–water partition coefficient (Wildman–Crippen LogP) is 2.93. The smallest absolute Gasteiger partial charge is 0.0957 e. The molecule has 0 aromatic carbocycles. The molecule has 2 heterocycles. The maximum absolute atomic E-state index is 10.7. The molecule has 0 saturated carbocycles. The van der Waals surface area contributed by atoms with Gasteiger partial charge < -0.3 is 5.11 Å². The van der Waals surface area contributed by atoms with Crippen molar-refractivity contribution in [3.63, 3.8) is 0 Å². The van der Waals surface area contributed by atoms with Crippen molar-refractivity contribution >= 4 is 11.3 Å². The summed E-state index contributed by atoms with van der Waals surface area (Å²) in [6.07, 6.45) is 3.85. The Morgan fingerprint density at radius 3 is 2.47 bits per heavy atom. The largest absolute Gasteiger partial charge is 0.391 e. The number of hydrogen-bond acceptors (Lipinski definition) is 4. The van der Waals surface area contributed by atoms with Crippen LogP contribution in [0, 0.1) is 13.8 Å². The fourth-order valence-corrected chi connectivity index (χ4v) is 3.88. The van der Waals surface area contributed by atoms with Gasteiger partial charge in [-0.15, -0.1) is 11.3 Å². The standard InChI is InChI=1S/C15H26N2OS/c1-5-15(4,17-8-6-7-9-17)13(18)10-14-16-11(2)12(3)19-14/h13,18H,5-10H2,1-4H3. The quantitative estimate of drug-likeness (QED) is 0.902. The first-order valence-electron chi connectivity index (χ1n) is 7.33. The predicted molar refractivity (Wildman–Crippen MR) is 80.8 cm³/mol. The van der Waals surface area contributed by atoms with Crippen molar-refractivity contribution in [2.45, 2.75) is 65.0 Å². The molecule has 0 spiro atoms. The van der Waals surface area contributed by atoms with E-state index in [2.05, 4.69) is 30.7 Å². The summed E-state index contributed by atoms with van der Waals surface area (Å²) in [5, 5.41) is 11.8. The topological polar surface area (TPSA) is 36.4 Å². The second-order valence-corrected chi connectivity index (χ2v) is 7.16. The van der Waals surface area contributed by atoms with E-state index in [1.54, 1.807) is 11.3 Å². The van der Waals surface area contributed by atoms with E-state index in [1.165, 1.54) is 17.7 Å². The first-order valence-corrected chi connectivity index (χ1v) is 8.15. The van der Waals surface area contributed by atoms with E-state index in [0.29, 0.717) is 6.42 Å². The van der Waals surface area contributed by atoms with E-state index in [9.17, 15) is 5.11 Å². The van der Waals surface area contributed by atoms with Crippen LogP contribution < -0.4 is 0 Å². The molecule has 2 unspecified atom stereocenters. The maximum atomic E-state index is 10.7. The third kappa shape index (κ3) is 3.01. The van der Waals surface area contributed by atoms with Crippen molar-refractivity contribution in [1.29, 1.82) is 0 Å². The summed E-state index contributed by atoms with van der Waals surface area (Å²) in [7, 11) is 0. The molecule has 1 fully saturated rings. The summed E-state index contributed by atoms with van der Waals surface area (Å²) >= 11 is 1.72. The van der Waals surface area contributed by atoms with Crippen LogP contribution in [0.5, 0.6) is 0 Å². The molecule has 19 heavy (non-hydrogen) atoms. The Morgan fingerprint density at radius 1 is 1.37 bits per heavy atom. The third-order valence-corrected chi connectivity index (χ3v) is 5.80. The van der Waals surface area contributed by atoms with E-state index < -0.39 is 0 Å². The highest BCUT2D eigenvalue weighted by Gasteiger charge is 2.38. The molecular weight excluding hydrogens is 256 g/mol. The second kappa shape index (κ2) is 5.90. The number of nitrogens with zero attached hydrogens (tertiary/aromatic N) is 2. The molecule has 0 radical (unpaired) electrons. The van der Waals surface area contributed by atoms with Crippen LogP contribution in [0.2, 0.25) is 0 Å².